The molecule has 0 aliphatic rings. The number of aliphatic hydroxyl groups is 1. The minimum absolute atomic E-state index is 0.0434. The zero-order valence-corrected chi connectivity index (χ0v) is 7.64. The van der Waals surface area contributed by atoms with Crippen LogP contribution in [-0.2, 0) is 0 Å². The van der Waals surface area contributed by atoms with Crippen molar-refractivity contribution in [3.8, 4) is 0 Å². The van der Waals surface area contributed by atoms with Crippen LogP contribution in [0.1, 0.15) is 6.92 Å². The highest BCUT2D eigenvalue weighted by atomic mass is 32.2. The van der Waals surface area contributed by atoms with Crippen LogP contribution in [0.2, 0.25) is 0 Å². The van der Waals surface area contributed by atoms with Gasteiger partial charge < -0.3 is 5.11 Å². The highest BCUT2D eigenvalue weighted by Crippen LogP contribution is 2.24. The zero-order chi connectivity index (χ0) is 8.97. The highest BCUT2D eigenvalue weighted by Gasteiger charge is 2.05. The summed E-state index contributed by atoms with van der Waals surface area (Å²) in [5.41, 5.74) is 0. The van der Waals surface area contributed by atoms with Crippen LogP contribution in [0.25, 0.3) is 0 Å². The number of hydrogen-bond acceptors (Lipinski definition) is 2. The van der Waals surface area contributed by atoms with Crippen molar-refractivity contribution in [2.75, 3.05) is 6.61 Å². The average Bonchev–Trinajstić information content (AvgIpc) is 2.09. The van der Waals surface area contributed by atoms with E-state index in [4.69, 9.17) is 5.11 Å². The average molecular weight is 186 g/mol. The molecule has 12 heavy (non-hydrogen) atoms. The number of rotatable bonds is 3. The van der Waals surface area contributed by atoms with Crippen molar-refractivity contribution in [1.29, 1.82) is 0 Å². The van der Waals surface area contributed by atoms with Crippen LogP contribution >= 0.6 is 11.8 Å². The van der Waals surface area contributed by atoms with E-state index in [2.05, 4.69) is 0 Å². The minimum atomic E-state index is -0.220. The lowest BCUT2D eigenvalue weighted by atomic mass is 10.3. The molecule has 1 aromatic carbocycles. The number of aliphatic hydroxyl groups excluding tert-OH is 1. The maximum Gasteiger partial charge on any atom is 0.136 e. The van der Waals surface area contributed by atoms with E-state index in [0.717, 1.165) is 0 Å². The molecule has 0 bridgehead atoms. The van der Waals surface area contributed by atoms with E-state index in [1.165, 1.54) is 17.8 Å². The molecule has 0 spiro atoms. The van der Waals surface area contributed by atoms with Gasteiger partial charge in [-0.15, -0.1) is 11.8 Å². The molecule has 0 saturated carbocycles. The number of halogens is 1. The van der Waals surface area contributed by atoms with Crippen LogP contribution in [0.4, 0.5) is 4.39 Å². The van der Waals surface area contributed by atoms with Gasteiger partial charge in [-0.2, -0.15) is 0 Å². The largest absolute Gasteiger partial charge is 0.395 e. The highest BCUT2D eigenvalue weighted by molar-refractivity contribution is 8.00. The summed E-state index contributed by atoms with van der Waals surface area (Å²) >= 11 is 1.35. The molecule has 1 rings (SSSR count). The number of thioether (sulfide) groups is 1. The molecule has 1 atom stereocenters. The van der Waals surface area contributed by atoms with Crippen LogP contribution in [0, 0.1) is 5.82 Å². The van der Waals surface area contributed by atoms with Gasteiger partial charge in [0, 0.05) is 10.1 Å². The van der Waals surface area contributed by atoms with E-state index >= 15 is 0 Å². The Morgan fingerprint density at radius 3 is 2.75 bits per heavy atom. The second-order valence-corrected chi connectivity index (χ2v) is 4.02. The Hall–Kier alpha value is -0.540. The van der Waals surface area contributed by atoms with E-state index < -0.39 is 0 Å². The molecule has 0 radical (unpaired) electrons. The standard InChI is InChI=1S/C9H11FOS/c1-7(6-11)12-9-5-3-2-4-8(9)10/h2-5,7,11H,6H2,1H3. The van der Waals surface area contributed by atoms with Crippen molar-refractivity contribution in [1.82, 2.24) is 0 Å². The molecule has 0 aromatic heterocycles. The monoisotopic (exact) mass is 186 g/mol. The molecule has 1 aromatic rings. The Labute approximate surface area is 75.6 Å². The van der Waals surface area contributed by atoms with Crippen molar-refractivity contribution < 1.29 is 9.50 Å². The lowest BCUT2D eigenvalue weighted by Crippen LogP contribution is -2.01. The Kier molecular flexibility index (Phi) is 3.56. The molecular weight excluding hydrogens is 175 g/mol. The van der Waals surface area contributed by atoms with Crippen LogP contribution < -0.4 is 0 Å². The van der Waals surface area contributed by atoms with E-state index in [9.17, 15) is 4.39 Å². The van der Waals surface area contributed by atoms with Crippen LogP contribution in [-0.4, -0.2) is 17.0 Å². The SMILES string of the molecule is CC(CO)Sc1ccccc1F. The quantitative estimate of drug-likeness (QED) is 0.731. The first-order valence-electron chi connectivity index (χ1n) is 3.76. The maximum atomic E-state index is 13.0. The van der Waals surface area contributed by atoms with Crippen molar-refractivity contribution in [3.63, 3.8) is 0 Å². The molecule has 0 aliphatic carbocycles. The van der Waals surface area contributed by atoms with E-state index in [1.807, 2.05) is 6.92 Å². The predicted molar refractivity (Wildman–Crippen MR) is 48.8 cm³/mol. The maximum absolute atomic E-state index is 13.0. The van der Waals surface area contributed by atoms with Gasteiger partial charge in [0.15, 0.2) is 0 Å². The molecular formula is C9H11FOS. The first kappa shape index (κ1) is 9.55. The third-order valence-corrected chi connectivity index (χ3v) is 2.56. The third kappa shape index (κ3) is 2.50. The lowest BCUT2D eigenvalue weighted by Gasteiger charge is -2.07. The molecule has 0 amide bonds. The summed E-state index contributed by atoms with van der Waals surface area (Å²) in [6.07, 6.45) is 0. The lowest BCUT2D eigenvalue weighted by molar-refractivity contribution is 0.300. The fourth-order valence-corrected chi connectivity index (χ4v) is 1.64. The predicted octanol–water partition coefficient (Wildman–Crippen LogP) is 2.30. The molecule has 0 heterocycles. The zero-order valence-electron chi connectivity index (χ0n) is 6.83. The van der Waals surface area contributed by atoms with Crippen molar-refractivity contribution in [2.24, 2.45) is 0 Å². The second kappa shape index (κ2) is 4.48. The smallest absolute Gasteiger partial charge is 0.136 e. The topological polar surface area (TPSA) is 20.2 Å². The van der Waals surface area contributed by atoms with E-state index in [-0.39, 0.29) is 17.7 Å². The molecule has 1 nitrogen and oxygen atoms in total. The van der Waals surface area contributed by atoms with Gasteiger partial charge in [0.05, 0.1) is 6.61 Å². The van der Waals surface area contributed by atoms with Gasteiger partial charge in [0.2, 0.25) is 0 Å². The first-order chi connectivity index (χ1) is 5.74. The van der Waals surface area contributed by atoms with Gasteiger partial charge in [-0.25, -0.2) is 4.39 Å². The fourth-order valence-electron chi connectivity index (χ4n) is 0.794. The summed E-state index contributed by atoms with van der Waals surface area (Å²) in [5, 5.41) is 8.79. The summed E-state index contributed by atoms with van der Waals surface area (Å²) in [5.74, 6) is -0.220. The van der Waals surface area contributed by atoms with Gasteiger partial charge in [-0.1, -0.05) is 19.1 Å². The van der Waals surface area contributed by atoms with Crippen LogP contribution in [0.5, 0.6) is 0 Å². The third-order valence-electron chi connectivity index (χ3n) is 1.42. The van der Waals surface area contributed by atoms with Crippen LogP contribution in [0.15, 0.2) is 29.2 Å². The first-order valence-corrected chi connectivity index (χ1v) is 4.64. The number of hydrogen-bond donors (Lipinski definition) is 1. The normalized spacial score (nSPS) is 12.9. The van der Waals surface area contributed by atoms with Gasteiger partial charge in [0.25, 0.3) is 0 Å². The molecule has 0 aliphatic heterocycles. The van der Waals surface area contributed by atoms with Crippen molar-refractivity contribution in [3.05, 3.63) is 30.1 Å². The summed E-state index contributed by atoms with van der Waals surface area (Å²) in [6.45, 7) is 1.93. The summed E-state index contributed by atoms with van der Waals surface area (Å²) in [6, 6.07) is 6.58. The van der Waals surface area contributed by atoms with Crippen molar-refractivity contribution in [2.45, 2.75) is 17.1 Å². The van der Waals surface area contributed by atoms with Crippen molar-refractivity contribution >= 4 is 11.8 Å². The summed E-state index contributed by atoms with van der Waals surface area (Å²) in [7, 11) is 0. The van der Waals surface area contributed by atoms with E-state index in [0.29, 0.717) is 4.90 Å². The van der Waals surface area contributed by atoms with Gasteiger partial charge >= 0.3 is 0 Å². The summed E-state index contributed by atoms with van der Waals surface area (Å²) < 4.78 is 13.0. The fraction of sp³-hybridized carbons (Fsp3) is 0.333. The molecule has 1 unspecified atom stereocenters. The van der Waals surface area contributed by atoms with Crippen LogP contribution in [0.3, 0.4) is 0 Å². The molecule has 3 heteroatoms. The molecule has 0 fully saturated rings. The van der Waals surface area contributed by atoms with Gasteiger partial charge in [0.1, 0.15) is 5.82 Å². The Bertz CT molecular complexity index is 252. The Morgan fingerprint density at radius 1 is 1.50 bits per heavy atom. The minimum Gasteiger partial charge on any atom is -0.395 e. The molecule has 66 valence electrons. The Morgan fingerprint density at radius 2 is 2.17 bits per heavy atom. The number of benzene rings is 1. The second-order valence-electron chi connectivity index (χ2n) is 2.54. The van der Waals surface area contributed by atoms with Gasteiger partial charge in [-0.05, 0) is 12.1 Å². The molecule has 1 N–H and O–H groups in total. The molecule has 0 saturated heterocycles. The van der Waals surface area contributed by atoms with E-state index in [1.54, 1.807) is 18.2 Å². The Balaban J connectivity index is 2.69. The summed E-state index contributed by atoms with van der Waals surface area (Å²) in [4.78, 5) is 0.596. The van der Waals surface area contributed by atoms with Gasteiger partial charge in [-0.3, -0.25) is 0 Å².